The van der Waals surface area contributed by atoms with Crippen LogP contribution in [-0.2, 0) is 0 Å². The molecule has 1 aliphatic heterocycles. The first-order chi connectivity index (χ1) is 8.20. The van der Waals surface area contributed by atoms with Gasteiger partial charge in [-0.25, -0.2) is 0 Å². The second-order valence-electron chi connectivity index (χ2n) is 5.06. The lowest BCUT2D eigenvalue weighted by atomic mass is 10.1. The molecular weight excluding hydrogens is 206 g/mol. The molecule has 1 saturated heterocycles. The highest BCUT2D eigenvalue weighted by Crippen LogP contribution is 2.14. The predicted octanol–water partition coefficient (Wildman–Crippen LogP) is 3.97. The van der Waals surface area contributed by atoms with Crippen molar-refractivity contribution in [1.29, 1.82) is 0 Å². The Kier molecular flexibility index (Phi) is 5.99. The second kappa shape index (κ2) is 7.29. The molecule has 94 valence electrons. The van der Waals surface area contributed by atoms with Crippen LogP contribution in [0.3, 0.4) is 0 Å². The van der Waals surface area contributed by atoms with Crippen LogP contribution in [0.4, 0.5) is 0 Å². The Bertz CT molecular complexity index is 310. The van der Waals surface area contributed by atoms with E-state index in [1.165, 1.54) is 48.9 Å². The van der Waals surface area contributed by atoms with Crippen molar-refractivity contribution < 1.29 is 4.48 Å². The maximum atomic E-state index is 3.63. The normalized spacial score (nSPS) is 17.8. The molecule has 0 N–H and O–H groups in total. The molecule has 0 amide bonds. The van der Waals surface area contributed by atoms with E-state index in [2.05, 4.69) is 20.6 Å². The molecule has 0 spiro atoms. The summed E-state index contributed by atoms with van der Waals surface area (Å²) in [5, 5.41) is 0. The van der Waals surface area contributed by atoms with E-state index < -0.39 is 0 Å². The molecule has 1 aliphatic rings. The van der Waals surface area contributed by atoms with Crippen molar-refractivity contribution in [3.63, 3.8) is 0 Å². The third-order valence-corrected chi connectivity index (χ3v) is 3.69. The van der Waals surface area contributed by atoms with Gasteiger partial charge >= 0.3 is 0 Å². The summed E-state index contributed by atoms with van der Waals surface area (Å²) in [6, 6.07) is 10.0. The highest BCUT2D eigenvalue weighted by atomic mass is 15.3. The van der Waals surface area contributed by atoms with Crippen molar-refractivity contribution >= 4 is 6.08 Å². The van der Waals surface area contributed by atoms with Gasteiger partial charge in [-0.05, 0) is 31.7 Å². The minimum absolute atomic E-state index is 1.17. The summed E-state index contributed by atoms with van der Waals surface area (Å²) in [6.07, 6.45) is 6.20. The molecule has 0 aliphatic carbocycles. The van der Waals surface area contributed by atoms with E-state index in [0.29, 0.717) is 0 Å². The third kappa shape index (κ3) is 5.18. The van der Waals surface area contributed by atoms with Gasteiger partial charge in [0, 0.05) is 0 Å². The first-order valence-corrected chi connectivity index (χ1v) is 6.71. The van der Waals surface area contributed by atoms with Crippen LogP contribution in [0.2, 0.25) is 0 Å². The van der Waals surface area contributed by atoms with Crippen molar-refractivity contribution in [3.05, 3.63) is 42.5 Å². The van der Waals surface area contributed by atoms with Crippen LogP contribution < -0.4 is 0 Å². The molecule has 0 unspecified atom stereocenters. The third-order valence-electron chi connectivity index (χ3n) is 3.69. The summed E-state index contributed by atoms with van der Waals surface area (Å²) in [6.45, 7) is 10.1. The zero-order valence-corrected chi connectivity index (χ0v) is 11.4. The fourth-order valence-electron chi connectivity index (χ4n) is 2.18. The average molecular weight is 232 g/mol. The number of hydrogen-bond donors (Lipinski definition) is 0. The fraction of sp³-hybridized carbons (Fsp3) is 0.500. The minimum atomic E-state index is 1.17. The Labute approximate surface area is 106 Å². The van der Waals surface area contributed by atoms with Crippen molar-refractivity contribution in [2.75, 3.05) is 26.7 Å². The number of nitrogens with zero attached hydrogens (tertiary/aromatic N) is 1. The van der Waals surface area contributed by atoms with Gasteiger partial charge in [0.25, 0.3) is 0 Å². The van der Waals surface area contributed by atoms with Crippen LogP contribution in [0.25, 0.3) is 6.08 Å². The summed E-state index contributed by atoms with van der Waals surface area (Å²) in [5.74, 6) is 0. The molecule has 0 aromatic heterocycles. The summed E-state index contributed by atoms with van der Waals surface area (Å²) in [7, 11) is 2.37. The summed E-state index contributed by atoms with van der Waals surface area (Å²) in [5.41, 5.74) is 1.17. The van der Waals surface area contributed by atoms with Gasteiger partial charge in [0.2, 0.25) is 0 Å². The second-order valence-corrected chi connectivity index (χ2v) is 5.06. The number of rotatable bonds is 2. The van der Waals surface area contributed by atoms with Gasteiger partial charge in [0.05, 0.1) is 26.7 Å². The van der Waals surface area contributed by atoms with Gasteiger partial charge < -0.3 is 4.48 Å². The van der Waals surface area contributed by atoms with Crippen LogP contribution >= 0.6 is 0 Å². The van der Waals surface area contributed by atoms with Gasteiger partial charge in [-0.1, -0.05) is 43.0 Å². The molecule has 1 fully saturated rings. The molecule has 17 heavy (non-hydrogen) atoms. The van der Waals surface area contributed by atoms with Gasteiger partial charge in [0.1, 0.15) is 0 Å². The number of piperidine rings is 1. The van der Waals surface area contributed by atoms with E-state index in [1.807, 2.05) is 36.4 Å². The molecule has 0 atom stereocenters. The predicted molar refractivity (Wildman–Crippen MR) is 76.8 cm³/mol. The van der Waals surface area contributed by atoms with Gasteiger partial charge in [-0.2, -0.15) is 0 Å². The van der Waals surface area contributed by atoms with Crippen LogP contribution in [0.15, 0.2) is 36.9 Å². The lowest BCUT2D eigenvalue weighted by molar-refractivity contribution is -0.912. The Morgan fingerprint density at radius 3 is 2.06 bits per heavy atom. The zero-order chi connectivity index (χ0) is 12.6. The molecule has 0 saturated carbocycles. The van der Waals surface area contributed by atoms with E-state index in [9.17, 15) is 0 Å². The summed E-state index contributed by atoms with van der Waals surface area (Å²) >= 11 is 0. The molecule has 0 bridgehead atoms. The van der Waals surface area contributed by atoms with E-state index >= 15 is 0 Å². The lowest BCUT2D eigenvalue weighted by Gasteiger charge is -2.36. The Hall–Kier alpha value is -1.08. The van der Waals surface area contributed by atoms with Crippen molar-refractivity contribution in [1.82, 2.24) is 0 Å². The van der Waals surface area contributed by atoms with Crippen LogP contribution in [0, 0.1) is 0 Å². The van der Waals surface area contributed by atoms with E-state index in [0.717, 1.165) is 0 Å². The van der Waals surface area contributed by atoms with Gasteiger partial charge in [-0.15, -0.1) is 0 Å². The standard InChI is InChI=1S/C8H18N.C8H8/c1-3-9(2)7-5-4-6-8-9;1-2-8-6-4-3-5-7-8/h3-8H2,1-2H3;2-7H,1H2/q+1;. The van der Waals surface area contributed by atoms with Gasteiger partial charge in [0.15, 0.2) is 0 Å². The Morgan fingerprint density at radius 2 is 1.71 bits per heavy atom. The zero-order valence-electron chi connectivity index (χ0n) is 11.4. The first kappa shape index (κ1) is 14.0. The first-order valence-electron chi connectivity index (χ1n) is 6.71. The highest BCUT2D eigenvalue weighted by molar-refractivity contribution is 5.45. The number of likely N-dealkylation sites (tertiary alicyclic amines) is 1. The Morgan fingerprint density at radius 1 is 1.12 bits per heavy atom. The van der Waals surface area contributed by atoms with E-state index in [1.54, 1.807) is 0 Å². The average Bonchev–Trinajstić information content (AvgIpc) is 2.41. The van der Waals surface area contributed by atoms with Crippen LogP contribution in [0.5, 0.6) is 0 Å². The largest absolute Gasteiger partial charge is 0.326 e. The summed E-state index contributed by atoms with van der Waals surface area (Å²) < 4.78 is 1.32. The molecule has 1 aromatic carbocycles. The van der Waals surface area contributed by atoms with E-state index in [-0.39, 0.29) is 0 Å². The van der Waals surface area contributed by atoms with E-state index in [4.69, 9.17) is 0 Å². The molecule has 2 rings (SSSR count). The minimum Gasteiger partial charge on any atom is -0.326 e. The molecular formula is C16H26N+. The smallest absolute Gasteiger partial charge is 0.0784 e. The summed E-state index contributed by atoms with van der Waals surface area (Å²) in [4.78, 5) is 0. The van der Waals surface area contributed by atoms with Crippen molar-refractivity contribution in [2.24, 2.45) is 0 Å². The molecule has 0 radical (unpaired) electrons. The topological polar surface area (TPSA) is 0 Å². The van der Waals surface area contributed by atoms with Crippen molar-refractivity contribution in [3.8, 4) is 0 Å². The van der Waals surface area contributed by atoms with Crippen LogP contribution in [-0.4, -0.2) is 31.2 Å². The molecule has 1 heteroatoms. The maximum Gasteiger partial charge on any atom is 0.0784 e. The SMILES string of the molecule is C=Cc1ccccc1.CC[N+]1(C)CCCCC1. The fourth-order valence-corrected chi connectivity index (χ4v) is 2.18. The quantitative estimate of drug-likeness (QED) is 0.677. The maximum absolute atomic E-state index is 3.63. The van der Waals surface area contributed by atoms with Crippen molar-refractivity contribution in [2.45, 2.75) is 26.2 Å². The number of benzene rings is 1. The molecule has 1 heterocycles. The highest BCUT2D eigenvalue weighted by Gasteiger charge is 2.21. The monoisotopic (exact) mass is 232 g/mol. The Balaban J connectivity index is 0.000000171. The molecule has 1 nitrogen and oxygen atoms in total. The molecule has 1 aromatic rings. The number of hydrogen-bond acceptors (Lipinski definition) is 0. The lowest BCUT2D eigenvalue weighted by Crippen LogP contribution is -2.47. The van der Waals surface area contributed by atoms with Gasteiger partial charge in [-0.3, -0.25) is 0 Å². The van der Waals surface area contributed by atoms with Crippen LogP contribution in [0.1, 0.15) is 31.7 Å². The number of quaternary nitrogens is 1.